The predicted octanol–water partition coefficient (Wildman–Crippen LogP) is 2.06. The number of benzene rings is 1. The van der Waals surface area contributed by atoms with Gasteiger partial charge in [-0.25, -0.2) is 0 Å². The first-order chi connectivity index (χ1) is 10.1. The molecule has 1 fully saturated rings. The van der Waals surface area contributed by atoms with Gasteiger partial charge in [-0.05, 0) is 37.3 Å². The molecule has 2 rings (SSSR count). The van der Waals surface area contributed by atoms with Crippen LogP contribution in [0.25, 0.3) is 0 Å². The fourth-order valence-electron chi connectivity index (χ4n) is 2.46. The molecule has 1 saturated carbocycles. The van der Waals surface area contributed by atoms with Crippen molar-refractivity contribution in [2.45, 2.75) is 45.1 Å². The minimum atomic E-state index is 0.159. The SMILES string of the molecule is Cc1ccccc1CCC(=O)N(CCC(N)=NO)C1CC1. The monoisotopic (exact) mass is 289 g/mol. The molecule has 0 radical (unpaired) electrons. The van der Waals surface area contributed by atoms with E-state index in [-0.39, 0.29) is 11.7 Å². The number of oxime groups is 1. The Kier molecular flexibility index (Phi) is 5.20. The Labute approximate surface area is 125 Å². The third-order valence-corrected chi connectivity index (χ3v) is 3.91. The number of hydrogen-bond donors (Lipinski definition) is 2. The van der Waals surface area contributed by atoms with E-state index in [2.05, 4.69) is 24.2 Å². The van der Waals surface area contributed by atoms with Gasteiger partial charge in [-0.15, -0.1) is 0 Å². The van der Waals surface area contributed by atoms with Crippen molar-refractivity contribution in [3.63, 3.8) is 0 Å². The lowest BCUT2D eigenvalue weighted by Crippen LogP contribution is -2.36. The zero-order chi connectivity index (χ0) is 15.2. The van der Waals surface area contributed by atoms with Crippen molar-refractivity contribution in [1.82, 2.24) is 4.90 Å². The molecule has 114 valence electrons. The average Bonchev–Trinajstić information content (AvgIpc) is 3.31. The Morgan fingerprint density at radius 3 is 2.71 bits per heavy atom. The van der Waals surface area contributed by atoms with Crippen LogP contribution in [0.2, 0.25) is 0 Å². The van der Waals surface area contributed by atoms with Gasteiger partial charge in [0, 0.05) is 25.4 Å². The summed E-state index contributed by atoms with van der Waals surface area (Å²) in [5.41, 5.74) is 7.93. The average molecular weight is 289 g/mol. The summed E-state index contributed by atoms with van der Waals surface area (Å²) in [4.78, 5) is 14.3. The number of carbonyl (C=O) groups excluding carboxylic acids is 1. The van der Waals surface area contributed by atoms with E-state index in [4.69, 9.17) is 10.9 Å². The zero-order valence-corrected chi connectivity index (χ0v) is 12.5. The molecular weight excluding hydrogens is 266 g/mol. The van der Waals surface area contributed by atoms with Crippen LogP contribution in [0.1, 0.15) is 36.8 Å². The number of nitrogens with zero attached hydrogens (tertiary/aromatic N) is 2. The summed E-state index contributed by atoms with van der Waals surface area (Å²) in [6.45, 7) is 2.60. The minimum Gasteiger partial charge on any atom is -0.409 e. The number of carbonyl (C=O) groups is 1. The molecule has 0 atom stereocenters. The molecule has 0 spiro atoms. The standard InChI is InChI=1S/C16H23N3O2/c1-12-4-2-3-5-13(12)6-9-16(20)19(14-7-8-14)11-10-15(17)18-21/h2-5,14,21H,6-11H2,1H3,(H2,17,18). The van der Waals surface area contributed by atoms with E-state index in [0.717, 1.165) is 19.3 Å². The number of hydrogen-bond acceptors (Lipinski definition) is 3. The van der Waals surface area contributed by atoms with Gasteiger partial charge in [0.15, 0.2) is 0 Å². The van der Waals surface area contributed by atoms with Crippen molar-refractivity contribution in [2.24, 2.45) is 10.9 Å². The van der Waals surface area contributed by atoms with Gasteiger partial charge < -0.3 is 15.8 Å². The summed E-state index contributed by atoms with van der Waals surface area (Å²) in [5, 5.41) is 11.5. The first-order valence-corrected chi connectivity index (χ1v) is 7.42. The van der Waals surface area contributed by atoms with E-state index in [1.165, 1.54) is 11.1 Å². The van der Waals surface area contributed by atoms with E-state index in [1.807, 2.05) is 17.0 Å². The van der Waals surface area contributed by atoms with Crippen molar-refractivity contribution in [3.8, 4) is 0 Å². The van der Waals surface area contributed by atoms with Gasteiger partial charge in [0.25, 0.3) is 0 Å². The maximum atomic E-state index is 12.4. The van der Waals surface area contributed by atoms with Crippen LogP contribution in [0.3, 0.4) is 0 Å². The molecule has 0 aliphatic heterocycles. The second kappa shape index (κ2) is 7.11. The van der Waals surface area contributed by atoms with E-state index < -0.39 is 0 Å². The fourth-order valence-corrected chi connectivity index (χ4v) is 2.46. The maximum Gasteiger partial charge on any atom is 0.223 e. The van der Waals surface area contributed by atoms with E-state index >= 15 is 0 Å². The van der Waals surface area contributed by atoms with Crippen molar-refractivity contribution in [3.05, 3.63) is 35.4 Å². The number of amidine groups is 1. The Hall–Kier alpha value is -2.04. The van der Waals surface area contributed by atoms with Gasteiger partial charge in [0.05, 0.1) is 0 Å². The molecule has 0 bridgehead atoms. The van der Waals surface area contributed by atoms with Crippen LogP contribution in [0.4, 0.5) is 0 Å². The van der Waals surface area contributed by atoms with Crippen molar-refractivity contribution in [2.75, 3.05) is 6.54 Å². The Bertz CT molecular complexity index is 524. The molecule has 0 unspecified atom stereocenters. The molecule has 0 saturated heterocycles. The predicted molar refractivity (Wildman–Crippen MR) is 82.3 cm³/mol. The number of amides is 1. The van der Waals surface area contributed by atoms with Crippen LogP contribution in [0.5, 0.6) is 0 Å². The second-order valence-electron chi connectivity index (χ2n) is 5.59. The van der Waals surface area contributed by atoms with Gasteiger partial charge in [0.1, 0.15) is 5.84 Å². The number of aryl methyl sites for hydroxylation is 2. The highest BCUT2D eigenvalue weighted by Gasteiger charge is 2.31. The topological polar surface area (TPSA) is 78.9 Å². The first-order valence-electron chi connectivity index (χ1n) is 7.42. The second-order valence-corrected chi connectivity index (χ2v) is 5.59. The lowest BCUT2D eigenvalue weighted by molar-refractivity contribution is -0.131. The van der Waals surface area contributed by atoms with Crippen LogP contribution in [-0.2, 0) is 11.2 Å². The van der Waals surface area contributed by atoms with Gasteiger partial charge in [-0.3, -0.25) is 4.79 Å². The normalized spacial score (nSPS) is 15.0. The molecule has 5 heteroatoms. The summed E-state index contributed by atoms with van der Waals surface area (Å²) in [7, 11) is 0. The third kappa shape index (κ3) is 4.48. The van der Waals surface area contributed by atoms with Gasteiger partial charge in [-0.1, -0.05) is 29.4 Å². The van der Waals surface area contributed by atoms with E-state index in [0.29, 0.717) is 25.4 Å². The molecule has 0 aromatic heterocycles. The number of rotatable bonds is 7. The molecule has 5 nitrogen and oxygen atoms in total. The van der Waals surface area contributed by atoms with Gasteiger partial charge >= 0.3 is 0 Å². The summed E-state index contributed by atoms with van der Waals surface area (Å²) in [6.07, 6.45) is 3.82. The largest absolute Gasteiger partial charge is 0.409 e. The summed E-state index contributed by atoms with van der Waals surface area (Å²) in [5.74, 6) is 0.332. The molecule has 1 aliphatic rings. The quantitative estimate of drug-likeness (QED) is 0.349. The van der Waals surface area contributed by atoms with Gasteiger partial charge in [-0.2, -0.15) is 0 Å². The Balaban J connectivity index is 1.88. The summed E-state index contributed by atoms with van der Waals surface area (Å²) < 4.78 is 0. The fraction of sp³-hybridized carbons (Fsp3) is 0.500. The molecule has 0 heterocycles. The first kappa shape index (κ1) is 15.4. The Morgan fingerprint density at radius 2 is 2.10 bits per heavy atom. The van der Waals surface area contributed by atoms with Gasteiger partial charge in [0.2, 0.25) is 5.91 Å². The molecule has 1 aliphatic carbocycles. The van der Waals surface area contributed by atoms with Crippen molar-refractivity contribution in [1.29, 1.82) is 0 Å². The van der Waals surface area contributed by atoms with Crippen molar-refractivity contribution >= 4 is 11.7 Å². The number of nitrogens with two attached hydrogens (primary N) is 1. The van der Waals surface area contributed by atoms with Crippen LogP contribution in [-0.4, -0.2) is 34.4 Å². The smallest absolute Gasteiger partial charge is 0.223 e. The molecule has 1 amide bonds. The molecule has 1 aromatic carbocycles. The highest BCUT2D eigenvalue weighted by molar-refractivity contribution is 5.81. The van der Waals surface area contributed by atoms with Crippen molar-refractivity contribution < 1.29 is 10.0 Å². The van der Waals surface area contributed by atoms with E-state index in [1.54, 1.807) is 0 Å². The summed E-state index contributed by atoms with van der Waals surface area (Å²) in [6, 6.07) is 8.50. The summed E-state index contributed by atoms with van der Waals surface area (Å²) >= 11 is 0. The highest BCUT2D eigenvalue weighted by atomic mass is 16.4. The highest BCUT2D eigenvalue weighted by Crippen LogP contribution is 2.27. The lowest BCUT2D eigenvalue weighted by Gasteiger charge is -2.22. The van der Waals surface area contributed by atoms with Crippen LogP contribution in [0.15, 0.2) is 29.4 Å². The van der Waals surface area contributed by atoms with Crippen LogP contribution in [0, 0.1) is 6.92 Å². The molecular formula is C16H23N3O2. The lowest BCUT2D eigenvalue weighted by atomic mass is 10.0. The minimum absolute atomic E-state index is 0.159. The molecule has 3 N–H and O–H groups in total. The molecule has 21 heavy (non-hydrogen) atoms. The third-order valence-electron chi connectivity index (χ3n) is 3.91. The van der Waals surface area contributed by atoms with E-state index in [9.17, 15) is 4.79 Å². The van der Waals surface area contributed by atoms with Crippen LogP contribution < -0.4 is 5.73 Å². The van der Waals surface area contributed by atoms with Crippen LogP contribution >= 0.6 is 0 Å². The maximum absolute atomic E-state index is 12.4. The zero-order valence-electron chi connectivity index (χ0n) is 12.5. The molecule has 1 aromatic rings. The Morgan fingerprint density at radius 1 is 1.38 bits per heavy atom.